The second-order valence-corrected chi connectivity index (χ2v) is 3.82. The predicted octanol–water partition coefficient (Wildman–Crippen LogP) is 2.27. The molecule has 0 amide bonds. The number of hydrogen-bond acceptors (Lipinski definition) is 0. The molecule has 0 aliphatic carbocycles. The summed E-state index contributed by atoms with van der Waals surface area (Å²) in [5.74, 6) is 0. The fourth-order valence-corrected chi connectivity index (χ4v) is 1.68. The maximum atomic E-state index is 5.93. The maximum absolute atomic E-state index is 5.93. The van der Waals surface area contributed by atoms with Crippen LogP contribution in [-0.4, -0.2) is 7.85 Å². The molecule has 0 nitrogen and oxygen atoms in total. The SMILES string of the molecule is Bc1cccc(-c2cccc(Cl)c2)c1. The summed E-state index contributed by atoms with van der Waals surface area (Å²) in [5, 5.41) is 0.781. The topological polar surface area (TPSA) is 0 Å². The van der Waals surface area contributed by atoms with E-state index in [0.717, 1.165) is 5.02 Å². The molecular weight excluding hydrogens is 190 g/mol. The molecule has 14 heavy (non-hydrogen) atoms. The second kappa shape index (κ2) is 3.89. The van der Waals surface area contributed by atoms with E-state index in [1.807, 2.05) is 18.2 Å². The number of halogens is 1. The van der Waals surface area contributed by atoms with Gasteiger partial charge in [0.2, 0.25) is 0 Å². The van der Waals surface area contributed by atoms with Crippen LogP contribution in [-0.2, 0) is 0 Å². The van der Waals surface area contributed by atoms with E-state index in [1.54, 1.807) is 0 Å². The van der Waals surface area contributed by atoms with Crippen LogP contribution in [0.15, 0.2) is 48.5 Å². The van der Waals surface area contributed by atoms with Gasteiger partial charge in [-0.15, -0.1) is 0 Å². The van der Waals surface area contributed by atoms with E-state index in [1.165, 1.54) is 16.6 Å². The first kappa shape index (κ1) is 9.35. The van der Waals surface area contributed by atoms with Gasteiger partial charge in [-0.25, -0.2) is 0 Å². The lowest BCUT2D eigenvalue weighted by Gasteiger charge is -2.02. The van der Waals surface area contributed by atoms with Crippen LogP contribution >= 0.6 is 11.6 Å². The van der Waals surface area contributed by atoms with E-state index in [2.05, 4.69) is 38.2 Å². The van der Waals surface area contributed by atoms with Crippen LogP contribution in [0.4, 0.5) is 0 Å². The highest BCUT2D eigenvalue weighted by molar-refractivity contribution is 6.32. The van der Waals surface area contributed by atoms with Crippen molar-refractivity contribution in [2.24, 2.45) is 0 Å². The molecule has 0 saturated heterocycles. The third-order valence-corrected chi connectivity index (χ3v) is 2.41. The zero-order valence-electron chi connectivity index (χ0n) is 8.00. The first-order valence-corrected chi connectivity index (χ1v) is 4.96. The van der Waals surface area contributed by atoms with E-state index in [4.69, 9.17) is 11.6 Å². The van der Waals surface area contributed by atoms with Crippen molar-refractivity contribution in [2.75, 3.05) is 0 Å². The summed E-state index contributed by atoms with van der Waals surface area (Å²) < 4.78 is 0. The van der Waals surface area contributed by atoms with Gasteiger partial charge >= 0.3 is 0 Å². The molecule has 68 valence electrons. The molecule has 2 rings (SSSR count). The summed E-state index contributed by atoms with van der Waals surface area (Å²) in [5.41, 5.74) is 3.65. The smallest absolute Gasteiger partial charge is 0.0884 e. The van der Waals surface area contributed by atoms with E-state index < -0.39 is 0 Å². The van der Waals surface area contributed by atoms with Gasteiger partial charge in [0, 0.05) is 5.02 Å². The zero-order valence-corrected chi connectivity index (χ0v) is 8.75. The van der Waals surface area contributed by atoms with Gasteiger partial charge in [-0.2, -0.15) is 0 Å². The Balaban J connectivity index is 2.49. The lowest BCUT2D eigenvalue weighted by Crippen LogP contribution is -2.00. The first-order valence-electron chi connectivity index (χ1n) is 4.58. The summed E-state index contributed by atoms with van der Waals surface area (Å²) in [6.07, 6.45) is 0. The quantitative estimate of drug-likeness (QED) is 0.620. The molecule has 0 fully saturated rings. The normalized spacial score (nSPS) is 10.1. The van der Waals surface area contributed by atoms with Gasteiger partial charge in [0.1, 0.15) is 7.85 Å². The molecule has 0 bridgehead atoms. The molecule has 0 N–H and O–H groups in total. The zero-order chi connectivity index (χ0) is 9.97. The Labute approximate surface area is 89.9 Å². The molecule has 0 radical (unpaired) electrons. The van der Waals surface area contributed by atoms with Gasteiger partial charge in [0.15, 0.2) is 0 Å². The fraction of sp³-hybridized carbons (Fsp3) is 0. The van der Waals surface area contributed by atoms with E-state index >= 15 is 0 Å². The lowest BCUT2D eigenvalue weighted by molar-refractivity contribution is 1.64. The summed E-state index contributed by atoms with van der Waals surface area (Å²) >= 11 is 5.93. The van der Waals surface area contributed by atoms with Gasteiger partial charge in [0.25, 0.3) is 0 Å². The minimum Gasteiger partial charge on any atom is -0.0884 e. The monoisotopic (exact) mass is 200 g/mol. The second-order valence-electron chi connectivity index (χ2n) is 3.38. The Morgan fingerprint density at radius 3 is 2.14 bits per heavy atom. The van der Waals surface area contributed by atoms with Gasteiger partial charge in [0.05, 0.1) is 0 Å². The molecule has 0 aliphatic heterocycles. The highest BCUT2D eigenvalue weighted by atomic mass is 35.5. The van der Waals surface area contributed by atoms with Crippen molar-refractivity contribution >= 4 is 24.9 Å². The van der Waals surface area contributed by atoms with Crippen LogP contribution < -0.4 is 5.46 Å². The van der Waals surface area contributed by atoms with Gasteiger partial charge in [-0.3, -0.25) is 0 Å². The standard InChI is InChI=1S/C12H10BCl/c13-11-5-1-3-9(7-11)10-4-2-6-12(14)8-10/h1-8H,13H2. The van der Waals surface area contributed by atoms with Gasteiger partial charge in [-0.1, -0.05) is 53.5 Å². The minimum absolute atomic E-state index is 0.781. The third-order valence-electron chi connectivity index (χ3n) is 2.18. The van der Waals surface area contributed by atoms with Crippen molar-refractivity contribution in [3.8, 4) is 11.1 Å². The van der Waals surface area contributed by atoms with Crippen molar-refractivity contribution in [3.63, 3.8) is 0 Å². The summed E-state index contributed by atoms with van der Waals surface area (Å²) in [7, 11) is 2.09. The van der Waals surface area contributed by atoms with Crippen LogP contribution in [0, 0.1) is 0 Å². The Kier molecular flexibility index (Phi) is 2.60. The van der Waals surface area contributed by atoms with Crippen molar-refractivity contribution in [1.82, 2.24) is 0 Å². The van der Waals surface area contributed by atoms with E-state index in [0.29, 0.717) is 0 Å². The van der Waals surface area contributed by atoms with Crippen molar-refractivity contribution < 1.29 is 0 Å². The average Bonchev–Trinajstić information content (AvgIpc) is 2.18. The molecule has 0 heterocycles. The highest BCUT2D eigenvalue weighted by Crippen LogP contribution is 2.21. The maximum Gasteiger partial charge on any atom is 0.139 e. The Bertz CT molecular complexity index is 408. The molecular formula is C12H10BCl. The third kappa shape index (κ3) is 1.99. The van der Waals surface area contributed by atoms with E-state index in [-0.39, 0.29) is 0 Å². The van der Waals surface area contributed by atoms with Crippen molar-refractivity contribution in [2.45, 2.75) is 0 Å². The number of rotatable bonds is 1. The van der Waals surface area contributed by atoms with Crippen LogP contribution in [0.5, 0.6) is 0 Å². The Hall–Kier alpha value is -1.21. The first-order chi connectivity index (χ1) is 6.75. The van der Waals surface area contributed by atoms with Crippen LogP contribution in [0.1, 0.15) is 0 Å². The summed E-state index contributed by atoms with van der Waals surface area (Å²) in [4.78, 5) is 0. The molecule has 2 aromatic rings. The van der Waals surface area contributed by atoms with Gasteiger partial charge < -0.3 is 0 Å². The highest BCUT2D eigenvalue weighted by Gasteiger charge is 1.97. The summed E-state index contributed by atoms with van der Waals surface area (Å²) in [6.45, 7) is 0. The van der Waals surface area contributed by atoms with Crippen LogP contribution in [0.25, 0.3) is 11.1 Å². The Morgan fingerprint density at radius 2 is 1.50 bits per heavy atom. The predicted molar refractivity (Wildman–Crippen MR) is 65.1 cm³/mol. The largest absolute Gasteiger partial charge is 0.139 e. The van der Waals surface area contributed by atoms with Crippen molar-refractivity contribution in [1.29, 1.82) is 0 Å². The number of benzene rings is 2. The molecule has 0 aromatic heterocycles. The van der Waals surface area contributed by atoms with E-state index in [9.17, 15) is 0 Å². The average molecular weight is 200 g/mol. The molecule has 2 heteroatoms. The lowest BCUT2D eigenvalue weighted by atomic mass is 9.92. The van der Waals surface area contributed by atoms with Crippen molar-refractivity contribution in [3.05, 3.63) is 53.6 Å². The van der Waals surface area contributed by atoms with Crippen LogP contribution in [0.2, 0.25) is 5.02 Å². The molecule has 0 atom stereocenters. The number of hydrogen-bond donors (Lipinski definition) is 0. The minimum atomic E-state index is 0.781. The Morgan fingerprint density at radius 1 is 0.857 bits per heavy atom. The molecule has 0 aliphatic rings. The fourth-order valence-electron chi connectivity index (χ4n) is 1.49. The summed E-state index contributed by atoms with van der Waals surface area (Å²) in [6, 6.07) is 16.3. The van der Waals surface area contributed by atoms with Gasteiger partial charge in [-0.05, 0) is 23.3 Å². The molecule has 0 unspecified atom stereocenters. The van der Waals surface area contributed by atoms with Crippen LogP contribution in [0.3, 0.4) is 0 Å². The molecule has 2 aromatic carbocycles. The molecule has 0 spiro atoms. The molecule has 0 saturated carbocycles.